The molecule has 140 valence electrons. The molecule has 1 fully saturated rings. The summed E-state index contributed by atoms with van der Waals surface area (Å²) in [6.45, 7) is 7.47. The van der Waals surface area contributed by atoms with E-state index in [-0.39, 0.29) is 11.8 Å². The molecular formula is C20H23N5O2. The number of carbonyl (C=O) groups is 1. The summed E-state index contributed by atoms with van der Waals surface area (Å²) in [5.41, 5.74) is 4.49. The van der Waals surface area contributed by atoms with Gasteiger partial charge in [0.1, 0.15) is 17.5 Å². The van der Waals surface area contributed by atoms with Crippen LogP contribution in [0.1, 0.15) is 29.7 Å². The molecule has 1 saturated heterocycles. The quantitative estimate of drug-likeness (QED) is 0.766. The number of amides is 1. The Morgan fingerprint density at radius 1 is 1.22 bits per heavy atom. The van der Waals surface area contributed by atoms with E-state index in [4.69, 9.17) is 4.52 Å². The lowest BCUT2D eigenvalue weighted by Crippen LogP contribution is -2.41. The highest BCUT2D eigenvalue weighted by Crippen LogP contribution is 2.30. The fraction of sp³-hybridized carbons (Fsp3) is 0.400. The number of hydrogen-bond donors (Lipinski definition) is 1. The second-order valence-electron chi connectivity index (χ2n) is 7.22. The molecule has 3 aromatic rings. The van der Waals surface area contributed by atoms with Gasteiger partial charge in [-0.2, -0.15) is 4.98 Å². The Hall–Kier alpha value is -2.96. The Labute approximate surface area is 157 Å². The first kappa shape index (κ1) is 17.5. The zero-order valence-corrected chi connectivity index (χ0v) is 15.8. The maximum atomic E-state index is 12.8. The zero-order valence-electron chi connectivity index (χ0n) is 15.8. The van der Waals surface area contributed by atoms with Gasteiger partial charge in [0.05, 0.1) is 11.6 Å². The number of hydrogen-bond acceptors (Lipinski definition) is 6. The topological polar surface area (TPSA) is 84.2 Å². The summed E-state index contributed by atoms with van der Waals surface area (Å²) < 4.78 is 5.25. The Morgan fingerprint density at radius 2 is 2.07 bits per heavy atom. The number of piperidine rings is 1. The van der Waals surface area contributed by atoms with Crippen molar-refractivity contribution in [2.45, 2.75) is 33.6 Å². The Balaban J connectivity index is 1.53. The van der Waals surface area contributed by atoms with Crippen LogP contribution in [-0.2, 0) is 4.79 Å². The van der Waals surface area contributed by atoms with Crippen molar-refractivity contribution in [2.24, 2.45) is 5.92 Å². The van der Waals surface area contributed by atoms with E-state index in [0.29, 0.717) is 12.3 Å². The predicted octanol–water partition coefficient (Wildman–Crippen LogP) is 3.40. The van der Waals surface area contributed by atoms with Gasteiger partial charge in [0.15, 0.2) is 0 Å². The fourth-order valence-electron chi connectivity index (χ4n) is 3.59. The van der Waals surface area contributed by atoms with Gasteiger partial charge in [0, 0.05) is 18.8 Å². The summed E-state index contributed by atoms with van der Waals surface area (Å²) in [5.74, 6) is 0.753. The van der Waals surface area contributed by atoms with Crippen LogP contribution in [0.2, 0.25) is 0 Å². The van der Waals surface area contributed by atoms with Crippen LogP contribution in [0.4, 0.5) is 11.5 Å². The lowest BCUT2D eigenvalue weighted by atomic mass is 9.96. The molecule has 2 aromatic heterocycles. The molecule has 7 nitrogen and oxygen atoms in total. The summed E-state index contributed by atoms with van der Waals surface area (Å²) in [4.78, 5) is 23.5. The number of aromatic nitrogens is 3. The van der Waals surface area contributed by atoms with Gasteiger partial charge in [-0.1, -0.05) is 11.2 Å². The highest BCUT2D eigenvalue weighted by molar-refractivity contribution is 5.94. The molecule has 1 N–H and O–H groups in total. The normalized spacial score (nSPS) is 17.3. The molecule has 4 rings (SSSR count). The Kier molecular flexibility index (Phi) is 4.51. The third-order valence-corrected chi connectivity index (χ3v) is 5.29. The van der Waals surface area contributed by atoms with E-state index in [0.717, 1.165) is 42.0 Å². The molecule has 1 atom stereocenters. The maximum absolute atomic E-state index is 12.8. The summed E-state index contributed by atoms with van der Waals surface area (Å²) >= 11 is 0. The van der Waals surface area contributed by atoms with E-state index in [1.165, 1.54) is 17.5 Å². The lowest BCUT2D eigenvalue weighted by Gasteiger charge is -2.33. The molecule has 1 aliphatic rings. The fourth-order valence-corrected chi connectivity index (χ4v) is 3.59. The van der Waals surface area contributed by atoms with Crippen molar-refractivity contribution < 1.29 is 9.32 Å². The molecule has 1 aromatic carbocycles. The highest BCUT2D eigenvalue weighted by Gasteiger charge is 2.28. The number of rotatable bonds is 3. The largest absolute Gasteiger partial charge is 0.355 e. The first-order valence-corrected chi connectivity index (χ1v) is 9.23. The van der Waals surface area contributed by atoms with Crippen molar-refractivity contribution >= 4 is 28.5 Å². The molecular weight excluding hydrogens is 342 g/mol. The second kappa shape index (κ2) is 6.98. The smallest absolute Gasteiger partial charge is 0.263 e. The van der Waals surface area contributed by atoms with Crippen molar-refractivity contribution in [2.75, 3.05) is 23.3 Å². The van der Waals surface area contributed by atoms with Crippen LogP contribution in [0.25, 0.3) is 11.1 Å². The van der Waals surface area contributed by atoms with Crippen LogP contribution < -0.4 is 10.2 Å². The van der Waals surface area contributed by atoms with Gasteiger partial charge in [-0.3, -0.25) is 4.79 Å². The van der Waals surface area contributed by atoms with Crippen LogP contribution in [0.3, 0.4) is 0 Å². The number of aryl methyl sites for hydroxylation is 3. The average molecular weight is 365 g/mol. The number of carbonyl (C=O) groups excluding carboxylic acids is 1. The minimum absolute atomic E-state index is 0.0512. The minimum Gasteiger partial charge on any atom is -0.355 e. The molecule has 27 heavy (non-hydrogen) atoms. The molecule has 0 radical (unpaired) electrons. The van der Waals surface area contributed by atoms with Gasteiger partial charge < -0.3 is 14.7 Å². The Morgan fingerprint density at radius 3 is 2.89 bits per heavy atom. The molecule has 3 heterocycles. The molecule has 0 unspecified atom stereocenters. The van der Waals surface area contributed by atoms with E-state index >= 15 is 0 Å². The molecule has 0 spiro atoms. The average Bonchev–Trinajstić information content (AvgIpc) is 3.06. The van der Waals surface area contributed by atoms with E-state index in [2.05, 4.69) is 39.2 Å². The zero-order chi connectivity index (χ0) is 19.0. The second-order valence-corrected chi connectivity index (χ2v) is 7.22. The van der Waals surface area contributed by atoms with E-state index in [9.17, 15) is 4.79 Å². The van der Waals surface area contributed by atoms with Crippen molar-refractivity contribution in [3.05, 3.63) is 41.3 Å². The van der Waals surface area contributed by atoms with Gasteiger partial charge in [0.25, 0.3) is 5.71 Å². The van der Waals surface area contributed by atoms with Gasteiger partial charge in [-0.25, -0.2) is 4.98 Å². The molecule has 1 amide bonds. The van der Waals surface area contributed by atoms with E-state index in [1.54, 1.807) is 0 Å². The number of nitrogens with zero attached hydrogens (tertiary/aromatic N) is 4. The highest BCUT2D eigenvalue weighted by atomic mass is 16.5. The van der Waals surface area contributed by atoms with Crippen LogP contribution in [0, 0.1) is 26.7 Å². The summed E-state index contributed by atoms with van der Waals surface area (Å²) in [6, 6.07) is 6.00. The van der Waals surface area contributed by atoms with Gasteiger partial charge >= 0.3 is 0 Å². The van der Waals surface area contributed by atoms with E-state index in [1.807, 2.05) is 25.1 Å². The Bertz CT molecular complexity index is 997. The predicted molar refractivity (Wildman–Crippen MR) is 104 cm³/mol. The standard InChI is InChI=1S/C20H23N5O2/c1-12-6-7-16(9-13(12)2)23-19(26)15-5-4-8-25(10-15)18-17-14(3)24-27-20(17)22-11-21-18/h6-7,9,11,15H,4-5,8,10H2,1-3H3,(H,23,26)/t15-/m0/s1. The molecule has 0 bridgehead atoms. The van der Waals surface area contributed by atoms with Crippen LogP contribution in [0.5, 0.6) is 0 Å². The summed E-state index contributed by atoms with van der Waals surface area (Å²) in [5, 5.41) is 7.89. The van der Waals surface area contributed by atoms with Crippen LogP contribution in [-0.4, -0.2) is 34.1 Å². The number of benzene rings is 1. The van der Waals surface area contributed by atoms with E-state index < -0.39 is 0 Å². The van der Waals surface area contributed by atoms with Gasteiger partial charge in [-0.15, -0.1) is 0 Å². The van der Waals surface area contributed by atoms with Crippen molar-refractivity contribution in [1.82, 2.24) is 15.1 Å². The molecule has 1 aliphatic heterocycles. The lowest BCUT2D eigenvalue weighted by molar-refractivity contribution is -0.120. The SMILES string of the molecule is Cc1ccc(NC(=O)[C@H]2CCCN(c3ncnc4onc(C)c34)C2)cc1C. The van der Waals surface area contributed by atoms with Crippen LogP contribution >= 0.6 is 0 Å². The minimum atomic E-state index is -0.0921. The molecule has 0 saturated carbocycles. The summed E-state index contributed by atoms with van der Waals surface area (Å²) in [7, 11) is 0. The first-order valence-electron chi connectivity index (χ1n) is 9.23. The number of anilines is 2. The number of fused-ring (bicyclic) bond motifs is 1. The molecule has 0 aliphatic carbocycles. The third kappa shape index (κ3) is 3.37. The van der Waals surface area contributed by atoms with Crippen molar-refractivity contribution in [3.8, 4) is 0 Å². The van der Waals surface area contributed by atoms with Gasteiger partial charge in [0.2, 0.25) is 5.91 Å². The van der Waals surface area contributed by atoms with Gasteiger partial charge in [-0.05, 0) is 56.9 Å². The number of nitrogens with one attached hydrogen (secondary N) is 1. The molecule has 7 heteroatoms. The first-order chi connectivity index (χ1) is 13.0. The summed E-state index contributed by atoms with van der Waals surface area (Å²) in [6.07, 6.45) is 3.28. The monoisotopic (exact) mass is 365 g/mol. The van der Waals surface area contributed by atoms with Crippen molar-refractivity contribution in [3.63, 3.8) is 0 Å². The van der Waals surface area contributed by atoms with Crippen LogP contribution in [0.15, 0.2) is 29.0 Å². The maximum Gasteiger partial charge on any atom is 0.263 e. The third-order valence-electron chi connectivity index (χ3n) is 5.29. The van der Waals surface area contributed by atoms with Crippen molar-refractivity contribution in [1.29, 1.82) is 0 Å².